The monoisotopic (exact) mass is 268 g/mol. The van der Waals surface area contributed by atoms with E-state index in [1.54, 1.807) is 11.9 Å². The van der Waals surface area contributed by atoms with Crippen molar-refractivity contribution in [2.24, 2.45) is 5.84 Å². The number of nitrogens with zero attached hydrogens (tertiary/aromatic N) is 4. The number of rotatable bonds is 4. The molecular weight excluding hydrogens is 252 g/mol. The van der Waals surface area contributed by atoms with Gasteiger partial charge in [0.05, 0.1) is 4.92 Å². The van der Waals surface area contributed by atoms with Gasteiger partial charge in [-0.05, 0) is 12.8 Å². The maximum absolute atomic E-state index is 11.2. The van der Waals surface area contributed by atoms with Gasteiger partial charge in [-0.1, -0.05) is 0 Å². The van der Waals surface area contributed by atoms with Crippen LogP contribution in [0.3, 0.4) is 0 Å². The van der Waals surface area contributed by atoms with E-state index in [1.165, 1.54) is 6.33 Å². The zero-order valence-electron chi connectivity index (χ0n) is 10.6. The predicted molar refractivity (Wildman–Crippen MR) is 68.7 cm³/mol. The van der Waals surface area contributed by atoms with E-state index < -0.39 is 4.92 Å². The van der Waals surface area contributed by atoms with E-state index in [9.17, 15) is 10.1 Å². The van der Waals surface area contributed by atoms with Crippen LogP contribution in [0.1, 0.15) is 12.8 Å². The first kappa shape index (κ1) is 13.4. The Bertz CT molecular complexity index is 463. The van der Waals surface area contributed by atoms with Gasteiger partial charge in [0.2, 0.25) is 11.6 Å². The van der Waals surface area contributed by atoms with E-state index in [1.807, 2.05) is 0 Å². The molecule has 0 aliphatic carbocycles. The molecule has 2 heterocycles. The number of hydrazine groups is 1. The number of ether oxygens (including phenoxy) is 1. The molecule has 0 unspecified atom stereocenters. The number of aromatic nitrogens is 2. The van der Waals surface area contributed by atoms with Crippen LogP contribution in [0.4, 0.5) is 17.3 Å². The fraction of sp³-hybridized carbons (Fsp3) is 0.600. The highest BCUT2D eigenvalue weighted by Gasteiger charge is 2.29. The SMILES string of the molecule is CN(c1ncnc(NN)c1[N+](=O)[O-])C1CCOCC1. The van der Waals surface area contributed by atoms with Crippen molar-refractivity contribution in [3.05, 3.63) is 16.4 Å². The van der Waals surface area contributed by atoms with Gasteiger partial charge in [0.25, 0.3) is 0 Å². The third-order valence-corrected chi connectivity index (χ3v) is 3.19. The first-order chi connectivity index (χ1) is 9.15. The Kier molecular flexibility index (Phi) is 4.07. The Morgan fingerprint density at radius 3 is 2.79 bits per heavy atom. The highest BCUT2D eigenvalue weighted by atomic mass is 16.6. The topological polar surface area (TPSA) is 119 Å². The van der Waals surface area contributed by atoms with Gasteiger partial charge in [-0.25, -0.2) is 15.8 Å². The minimum atomic E-state index is -0.527. The molecule has 1 aliphatic rings. The molecule has 0 radical (unpaired) electrons. The lowest BCUT2D eigenvalue weighted by molar-refractivity contribution is -0.383. The van der Waals surface area contributed by atoms with Crippen molar-refractivity contribution < 1.29 is 9.66 Å². The second-order valence-corrected chi connectivity index (χ2v) is 4.25. The summed E-state index contributed by atoms with van der Waals surface area (Å²) in [4.78, 5) is 20.2. The van der Waals surface area contributed by atoms with Crippen molar-refractivity contribution in [2.75, 3.05) is 30.6 Å². The van der Waals surface area contributed by atoms with Crippen LogP contribution in [0.15, 0.2) is 6.33 Å². The summed E-state index contributed by atoms with van der Waals surface area (Å²) in [5.41, 5.74) is 2.02. The number of nitro groups is 1. The lowest BCUT2D eigenvalue weighted by Crippen LogP contribution is -2.37. The molecule has 0 atom stereocenters. The molecule has 1 fully saturated rings. The van der Waals surface area contributed by atoms with Gasteiger partial charge in [-0.3, -0.25) is 10.1 Å². The average Bonchev–Trinajstić information content (AvgIpc) is 2.46. The molecule has 0 amide bonds. The number of nitrogens with one attached hydrogen (secondary N) is 1. The molecule has 0 bridgehead atoms. The Morgan fingerprint density at radius 1 is 1.53 bits per heavy atom. The van der Waals surface area contributed by atoms with Crippen molar-refractivity contribution in [1.82, 2.24) is 9.97 Å². The number of hydrogen-bond acceptors (Lipinski definition) is 8. The number of hydrogen-bond donors (Lipinski definition) is 2. The van der Waals surface area contributed by atoms with Crippen LogP contribution in [0.2, 0.25) is 0 Å². The lowest BCUT2D eigenvalue weighted by atomic mass is 10.1. The summed E-state index contributed by atoms with van der Waals surface area (Å²) in [5.74, 6) is 5.52. The molecule has 0 saturated carbocycles. The van der Waals surface area contributed by atoms with E-state index in [4.69, 9.17) is 10.6 Å². The third-order valence-electron chi connectivity index (χ3n) is 3.19. The molecule has 9 heteroatoms. The molecule has 3 N–H and O–H groups in total. The minimum absolute atomic E-state index is 0.00825. The van der Waals surface area contributed by atoms with Crippen molar-refractivity contribution in [3.63, 3.8) is 0 Å². The van der Waals surface area contributed by atoms with E-state index in [2.05, 4.69) is 15.4 Å². The first-order valence-corrected chi connectivity index (χ1v) is 5.91. The van der Waals surface area contributed by atoms with E-state index in [-0.39, 0.29) is 23.4 Å². The van der Waals surface area contributed by atoms with Gasteiger partial charge in [-0.15, -0.1) is 0 Å². The van der Waals surface area contributed by atoms with E-state index in [0.717, 1.165) is 12.8 Å². The first-order valence-electron chi connectivity index (χ1n) is 5.91. The van der Waals surface area contributed by atoms with Gasteiger partial charge in [0.1, 0.15) is 6.33 Å². The predicted octanol–water partition coefficient (Wildman–Crippen LogP) is 0.286. The molecule has 19 heavy (non-hydrogen) atoms. The quantitative estimate of drug-likeness (QED) is 0.454. The van der Waals surface area contributed by atoms with Gasteiger partial charge < -0.3 is 15.1 Å². The van der Waals surface area contributed by atoms with E-state index >= 15 is 0 Å². The Morgan fingerprint density at radius 2 is 2.21 bits per heavy atom. The van der Waals surface area contributed by atoms with Crippen LogP contribution >= 0.6 is 0 Å². The Balaban J connectivity index is 2.34. The number of nitrogen functional groups attached to an aromatic ring is 1. The summed E-state index contributed by atoms with van der Waals surface area (Å²) in [6.07, 6.45) is 2.87. The van der Waals surface area contributed by atoms with E-state index in [0.29, 0.717) is 13.2 Å². The second kappa shape index (κ2) is 5.76. The zero-order valence-corrected chi connectivity index (χ0v) is 10.6. The molecule has 0 aromatic carbocycles. The average molecular weight is 268 g/mol. The van der Waals surface area contributed by atoms with Gasteiger partial charge in [0.15, 0.2) is 0 Å². The molecule has 1 saturated heterocycles. The Labute approximate surface area is 109 Å². The molecule has 1 aliphatic heterocycles. The fourth-order valence-corrected chi connectivity index (χ4v) is 2.15. The van der Waals surface area contributed by atoms with Crippen molar-refractivity contribution >= 4 is 17.3 Å². The molecular formula is C10H16N6O3. The van der Waals surface area contributed by atoms with Gasteiger partial charge >= 0.3 is 5.69 Å². The summed E-state index contributed by atoms with van der Waals surface area (Å²) >= 11 is 0. The van der Waals surface area contributed by atoms with Crippen LogP contribution in [-0.4, -0.2) is 41.2 Å². The molecule has 2 rings (SSSR count). The van der Waals surface area contributed by atoms with Crippen molar-refractivity contribution in [3.8, 4) is 0 Å². The Hall–Kier alpha value is -2.00. The highest BCUT2D eigenvalue weighted by molar-refractivity contribution is 5.69. The summed E-state index contributed by atoms with van der Waals surface area (Å²) in [6.45, 7) is 1.30. The summed E-state index contributed by atoms with van der Waals surface area (Å²) in [6, 6.07) is 0.160. The smallest absolute Gasteiger partial charge is 0.354 e. The van der Waals surface area contributed by atoms with Crippen molar-refractivity contribution in [1.29, 1.82) is 0 Å². The van der Waals surface area contributed by atoms with Crippen LogP contribution in [0, 0.1) is 10.1 Å². The molecule has 0 spiro atoms. The maximum Gasteiger partial charge on any atom is 0.354 e. The number of anilines is 2. The zero-order chi connectivity index (χ0) is 13.8. The number of nitrogens with two attached hydrogens (primary N) is 1. The van der Waals surface area contributed by atoms with Crippen LogP contribution in [0.25, 0.3) is 0 Å². The second-order valence-electron chi connectivity index (χ2n) is 4.25. The summed E-state index contributed by atoms with van der Waals surface area (Å²) in [7, 11) is 1.78. The minimum Gasteiger partial charge on any atom is -0.381 e. The molecule has 104 valence electrons. The summed E-state index contributed by atoms with van der Waals surface area (Å²) in [5, 5.41) is 11.2. The van der Waals surface area contributed by atoms with Crippen LogP contribution < -0.4 is 16.2 Å². The highest BCUT2D eigenvalue weighted by Crippen LogP contribution is 2.32. The lowest BCUT2D eigenvalue weighted by Gasteiger charge is -2.31. The van der Waals surface area contributed by atoms with Crippen LogP contribution in [0.5, 0.6) is 0 Å². The van der Waals surface area contributed by atoms with Crippen molar-refractivity contribution in [2.45, 2.75) is 18.9 Å². The molecule has 1 aromatic heterocycles. The van der Waals surface area contributed by atoms with Gasteiger partial charge in [0, 0.05) is 26.3 Å². The summed E-state index contributed by atoms with van der Waals surface area (Å²) < 4.78 is 5.28. The van der Waals surface area contributed by atoms with Gasteiger partial charge in [-0.2, -0.15) is 0 Å². The fourth-order valence-electron chi connectivity index (χ4n) is 2.15. The standard InChI is InChI=1S/C10H16N6O3/c1-15(7-2-4-19-5-3-7)10-8(16(17)18)9(14-11)12-6-13-10/h6-7H,2-5,11H2,1H3,(H,12,13,14). The molecule has 1 aromatic rings. The largest absolute Gasteiger partial charge is 0.381 e. The van der Waals surface area contributed by atoms with Crippen LogP contribution in [-0.2, 0) is 4.74 Å². The third kappa shape index (κ3) is 2.71. The maximum atomic E-state index is 11.2. The molecule has 9 nitrogen and oxygen atoms in total. The normalized spacial score (nSPS) is 16.1.